The molecule has 24 heavy (non-hydrogen) atoms. The second kappa shape index (κ2) is 8.25. The third kappa shape index (κ3) is 4.78. The molecule has 0 saturated carbocycles. The van der Waals surface area contributed by atoms with Crippen molar-refractivity contribution in [2.24, 2.45) is 0 Å². The summed E-state index contributed by atoms with van der Waals surface area (Å²) in [5.74, 6) is -1.78. The minimum atomic E-state index is -0.652. The molecule has 2 aliphatic rings. The van der Waals surface area contributed by atoms with Crippen molar-refractivity contribution in [3.8, 4) is 0 Å². The van der Waals surface area contributed by atoms with Crippen molar-refractivity contribution in [2.45, 2.75) is 13.8 Å². The fourth-order valence-corrected chi connectivity index (χ4v) is 4.04. The number of esters is 4. The highest BCUT2D eigenvalue weighted by Crippen LogP contribution is 2.31. The van der Waals surface area contributed by atoms with Gasteiger partial charge in [-0.25, -0.2) is 9.59 Å². The van der Waals surface area contributed by atoms with Crippen LogP contribution in [0.4, 0.5) is 0 Å². The van der Waals surface area contributed by atoms with Gasteiger partial charge in [0.2, 0.25) is 11.5 Å². The summed E-state index contributed by atoms with van der Waals surface area (Å²) in [6.07, 6.45) is 0. The van der Waals surface area contributed by atoms with Crippen molar-refractivity contribution in [3.63, 3.8) is 0 Å². The van der Waals surface area contributed by atoms with E-state index in [9.17, 15) is 19.2 Å². The predicted molar refractivity (Wildman–Crippen MR) is 84.4 cm³/mol. The maximum Gasteiger partial charge on any atom is 0.374 e. The lowest BCUT2D eigenvalue weighted by Crippen LogP contribution is -2.07. The van der Waals surface area contributed by atoms with Crippen molar-refractivity contribution in [3.05, 3.63) is 22.7 Å². The van der Waals surface area contributed by atoms with Gasteiger partial charge in [0, 0.05) is 36.5 Å². The van der Waals surface area contributed by atoms with E-state index in [1.807, 2.05) is 0 Å². The molecule has 2 aliphatic heterocycles. The van der Waals surface area contributed by atoms with Crippen molar-refractivity contribution in [1.82, 2.24) is 0 Å². The van der Waals surface area contributed by atoms with Gasteiger partial charge in [0.15, 0.2) is 0 Å². The van der Waals surface area contributed by atoms with Gasteiger partial charge >= 0.3 is 23.9 Å². The zero-order chi connectivity index (χ0) is 17.7. The summed E-state index contributed by atoms with van der Waals surface area (Å²) < 4.78 is 19.4. The molecule has 0 atom stereocenters. The SMILES string of the molecule is CC(=O)OC1=C(CSSCC2=C(OC(C)=O)C(=O)OC2)COC1=O. The summed E-state index contributed by atoms with van der Waals surface area (Å²) >= 11 is 0. The van der Waals surface area contributed by atoms with E-state index in [0.717, 1.165) is 0 Å². The third-order valence-corrected chi connectivity index (χ3v) is 5.12. The zero-order valence-electron chi connectivity index (χ0n) is 12.9. The number of hydrogen-bond acceptors (Lipinski definition) is 10. The summed E-state index contributed by atoms with van der Waals surface area (Å²) in [7, 11) is 2.77. The third-order valence-electron chi connectivity index (χ3n) is 2.81. The monoisotopic (exact) mass is 374 g/mol. The topological polar surface area (TPSA) is 105 Å². The number of cyclic esters (lactones) is 2. The molecule has 0 saturated heterocycles. The van der Waals surface area contributed by atoms with E-state index in [1.165, 1.54) is 35.4 Å². The lowest BCUT2D eigenvalue weighted by Gasteiger charge is -2.04. The first-order chi connectivity index (χ1) is 11.4. The summed E-state index contributed by atoms with van der Waals surface area (Å²) in [5.41, 5.74) is 1.17. The van der Waals surface area contributed by atoms with Crippen LogP contribution in [0, 0.1) is 0 Å². The van der Waals surface area contributed by atoms with Gasteiger partial charge < -0.3 is 18.9 Å². The molecule has 130 valence electrons. The van der Waals surface area contributed by atoms with E-state index in [1.54, 1.807) is 0 Å². The molecule has 0 aliphatic carbocycles. The van der Waals surface area contributed by atoms with Crippen LogP contribution in [0.25, 0.3) is 0 Å². The van der Waals surface area contributed by atoms with Gasteiger partial charge in [0.05, 0.1) is 0 Å². The summed E-state index contributed by atoms with van der Waals surface area (Å²) in [6, 6.07) is 0. The van der Waals surface area contributed by atoms with Gasteiger partial charge in [-0.15, -0.1) is 0 Å². The van der Waals surface area contributed by atoms with Crippen LogP contribution in [0.2, 0.25) is 0 Å². The molecular formula is C14H14O8S2. The first-order valence-electron chi connectivity index (χ1n) is 6.78. The molecule has 0 aromatic carbocycles. The molecule has 0 bridgehead atoms. The molecule has 0 N–H and O–H groups in total. The second-order valence-electron chi connectivity index (χ2n) is 4.73. The molecule has 10 heteroatoms. The molecule has 8 nitrogen and oxygen atoms in total. The van der Waals surface area contributed by atoms with E-state index in [2.05, 4.69) is 0 Å². The van der Waals surface area contributed by atoms with Gasteiger partial charge in [0.25, 0.3) is 0 Å². The van der Waals surface area contributed by atoms with Gasteiger partial charge in [-0.2, -0.15) is 0 Å². The fourth-order valence-electron chi connectivity index (χ4n) is 1.81. The standard InChI is InChI=1S/C14H14O8S2/c1-7(15)21-11-9(3-19-13(11)17)5-23-24-6-10-4-20-14(18)12(10)22-8(2)16/h3-6H2,1-2H3. The molecular weight excluding hydrogens is 360 g/mol. The van der Waals surface area contributed by atoms with Crippen LogP contribution in [-0.2, 0) is 38.1 Å². The minimum Gasteiger partial charge on any atom is -0.455 e. The van der Waals surface area contributed by atoms with E-state index >= 15 is 0 Å². The lowest BCUT2D eigenvalue weighted by molar-refractivity contribution is -0.147. The summed E-state index contributed by atoms with van der Waals surface area (Å²) in [4.78, 5) is 44.9. The molecule has 0 radical (unpaired) electrons. The summed E-state index contributed by atoms with van der Waals surface area (Å²) in [5, 5.41) is 0. The largest absolute Gasteiger partial charge is 0.455 e. The van der Waals surface area contributed by atoms with Gasteiger partial charge in [-0.3, -0.25) is 9.59 Å². The van der Waals surface area contributed by atoms with Crippen LogP contribution < -0.4 is 0 Å². The normalized spacial score (nSPS) is 17.1. The van der Waals surface area contributed by atoms with Crippen LogP contribution in [0.3, 0.4) is 0 Å². The molecule has 0 aromatic rings. The fraction of sp³-hybridized carbons (Fsp3) is 0.429. The Morgan fingerprint density at radius 3 is 1.58 bits per heavy atom. The highest BCUT2D eigenvalue weighted by Gasteiger charge is 2.29. The molecule has 2 heterocycles. The summed E-state index contributed by atoms with van der Waals surface area (Å²) in [6.45, 7) is 2.58. The van der Waals surface area contributed by atoms with E-state index in [0.29, 0.717) is 22.7 Å². The van der Waals surface area contributed by atoms with E-state index in [-0.39, 0.29) is 24.7 Å². The van der Waals surface area contributed by atoms with E-state index in [4.69, 9.17) is 18.9 Å². The quantitative estimate of drug-likeness (QED) is 0.278. The van der Waals surface area contributed by atoms with Crippen LogP contribution in [0.15, 0.2) is 22.7 Å². The molecule has 0 aromatic heterocycles. The van der Waals surface area contributed by atoms with Crippen molar-refractivity contribution < 1.29 is 38.1 Å². The average molecular weight is 374 g/mol. The Hall–Kier alpha value is -1.94. The van der Waals surface area contributed by atoms with Gasteiger partial charge in [-0.05, 0) is 0 Å². The van der Waals surface area contributed by atoms with Crippen molar-refractivity contribution in [2.75, 3.05) is 24.7 Å². The van der Waals surface area contributed by atoms with Crippen molar-refractivity contribution >= 4 is 45.5 Å². The maximum absolute atomic E-state index is 11.5. The molecule has 2 rings (SSSR count). The van der Waals surface area contributed by atoms with Gasteiger partial charge in [0.1, 0.15) is 13.2 Å². The highest BCUT2D eigenvalue weighted by molar-refractivity contribution is 8.76. The Bertz CT molecular complexity index is 593. The Balaban J connectivity index is 1.88. The number of carbonyl (C=O) groups excluding carboxylic acids is 4. The Labute approximate surface area is 145 Å². The molecule has 0 unspecified atom stereocenters. The van der Waals surface area contributed by atoms with Gasteiger partial charge in [-0.1, -0.05) is 21.6 Å². The minimum absolute atomic E-state index is 0.0604. The first-order valence-corrected chi connectivity index (χ1v) is 9.26. The van der Waals surface area contributed by atoms with Crippen LogP contribution in [0.1, 0.15) is 13.8 Å². The zero-order valence-corrected chi connectivity index (χ0v) is 14.5. The number of hydrogen-bond donors (Lipinski definition) is 0. The second-order valence-corrected chi connectivity index (χ2v) is 7.19. The van der Waals surface area contributed by atoms with Crippen LogP contribution >= 0.6 is 21.6 Å². The lowest BCUT2D eigenvalue weighted by atomic mass is 10.3. The molecule has 0 amide bonds. The Morgan fingerprint density at radius 1 is 0.875 bits per heavy atom. The number of rotatable bonds is 7. The molecule has 0 spiro atoms. The Morgan fingerprint density at radius 2 is 1.25 bits per heavy atom. The highest BCUT2D eigenvalue weighted by atomic mass is 33.1. The van der Waals surface area contributed by atoms with Crippen LogP contribution in [-0.4, -0.2) is 48.6 Å². The Kier molecular flexibility index (Phi) is 6.32. The van der Waals surface area contributed by atoms with Crippen LogP contribution in [0.5, 0.6) is 0 Å². The first kappa shape index (κ1) is 18.4. The smallest absolute Gasteiger partial charge is 0.374 e. The van der Waals surface area contributed by atoms with E-state index < -0.39 is 23.9 Å². The van der Waals surface area contributed by atoms with Crippen molar-refractivity contribution in [1.29, 1.82) is 0 Å². The number of ether oxygens (including phenoxy) is 4. The predicted octanol–water partition coefficient (Wildman–Crippen LogP) is 1.12. The number of carbonyl (C=O) groups is 4. The average Bonchev–Trinajstić information content (AvgIpc) is 3.01. The molecule has 0 fully saturated rings. The maximum atomic E-state index is 11.5.